The lowest BCUT2D eigenvalue weighted by atomic mass is 10.1. The molecule has 0 aromatic carbocycles. The van der Waals surface area contributed by atoms with Crippen LogP contribution in [0.25, 0.3) is 0 Å². The van der Waals surface area contributed by atoms with Crippen molar-refractivity contribution in [1.82, 2.24) is 10.0 Å². The first-order valence-corrected chi connectivity index (χ1v) is 9.54. The van der Waals surface area contributed by atoms with E-state index in [-0.39, 0.29) is 11.9 Å². The van der Waals surface area contributed by atoms with Crippen molar-refractivity contribution >= 4 is 10.0 Å². The minimum Gasteiger partial charge on any atom is -0.377 e. The predicted octanol–water partition coefficient (Wildman–Crippen LogP) is 1.25. The second kappa shape index (κ2) is 7.73. The highest BCUT2D eigenvalue weighted by molar-refractivity contribution is 7.89. The van der Waals surface area contributed by atoms with E-state index in [1.807, 2.05) is 0 Å². The standard InChI is InChI=1S/C14H28N2O3S/c1-12-5-4-7-14(12)15-8-10-20(17,18)16-11-13-6-2-3-9-19-13/h12-16H,2-11H2,1H3/t12-,13-,14-/m1/s1. The summed E-state index contributed by atoms with van der Waals surface area (Å²) in [4.78, 5) is 0. The molecule has 2 N–H and O–H groups in total. The Balaban J connectivity index is 1.62. The van der Waals surface area contributed by atoms with E-state index in [1.54, 1.807) is 0 Å². The van der Waals surface area contributed by atoms with Crippen LogP contribution in [0, 0.1) is 5.92 Å². The van der Waals surface area contributed by atoms with Crippen LogP contribution in [0.5, 0.6) is 0 Å². The Kier molecular flexibility index (Phi) is 6.26. The molecule has 1 heterocycles. The van der Waals surface area contributed by atoms with E-state index in [0.29, 0.717) is 25.0 Å². The van der Waals surface area contributed by atoms with Crippen LogP contribution < -0.4 is 10.0 Å². The van der Waals surface area contributed by atoms with E-state index in [1.165, 1.54) is 19.3 Å². The Bertz CT molecular complexity index is 380. The largest absolute Gasteiger partial charge is 0.377 e. The number of rotatable bonds is 7. The van der Waals surface area contributed by atoms with Crippen LogP contribution in [0.2, 0.25) is 0 Å². The van der Waals surface area contributed by atoms with Crippen LogP contribution >= 0.6 is 0 Å². The quantitative estimate of drug-likeness (QED) is 0.743. The molecule has 0 unspecified atom stereocenters. The molecule has 0 aromatic rings. The Labute approximate surface area is 122 Å². The van der Waals surface area contributed by atoms with Crippen LogP contribution in [-0.2, 0) is 14.8 Å². The number of nitrogens with one attached hydrogen (secondary N) is 2. The summed E-state index contributed by atoms with van der Waals surface area (Å²) in [5.74, 6) is 0.824. The number of hydrogen-bond donors (Lipinski definition) is 2. The molecular formula is C14H28N2O3S. The summed E-state index contributed by atoms with van der Waals surface area (Å²) >= 11 is 0. The first-order valence-electron chi connectivity index (χ1n) is 7.89. The molecule has 1 saturated carbocycles. The van der Waals surface area contributed by atoms with E-state index in [2.05, 4.69) is 17.0 Å². The zero-order chi connectivity index (χ0) is 14.4. The fourth-order valence-corrected chi connectivity index (χ4v) is 4.06. The zero-order valence-electron chi connectivity index (χ0n) is 12.4. The second-order valence-electron chi connectivity index (χ2n) is 6.12. The smallest absolute Gasteiger partial charge is 0.212 e. The van der Waals surface area contributed by atoms with Crippen LogP contribution in [0.15, 0.2) is 0 Å². The van der Waals surface area contributed by atoms with Gasteiger partial charge < -0.3 is 10.1 Å². The van der Waals surface area contributed by atoms with Crippen molar-refractivity contribution in [2.45, 2.75) is 57.6 Å². The second-order valence-corrected chi connectivity index (χ2v) is 8.05. The summed E-state index contributed by atoms with van der Waals surface area (Å²) < 4.78 is 32.0. The van der Waals surface area contributed by atoms with Crippen molar-refractivity contribution in [2.75, 3.05) is 25.4 Å². The van der Waals surface area contributed by atoms with Crippen molar-refractivity contribution in [3.63, 3.8) is 0 Å². The maximum absolute atomic E-state index is 11.9. The van der Waals surface area contributed by atoms with E-state index in [4.69, 9.17) is 4.74 Å². The molecule has 20 heavy (non-hydrogen) atoms. The van der Waals surface area contributed by atoms with Gasteiger partial charge in [-0.05, 0) is 38.0 Å². The number of ether oxygens (including phenoxy) is 1. The molecule has 1 saturated heterocycles. The van der Waals surface area contributed by atoms with Gasteiger partial charge in [0.1, 0.15) is 0 Å². The van der Waals surface area contributed by atoms with Crippen molar-refractivity contribution in [3.05, 3.63) is 0 Å². The van der Waals surface area contributed by atoms with Crippen LogP contribution in [-0.4, -0.2) is 46.0 Å². The molecule has 1 aliphatic carbocycles. The Morgan fingerprint density at radius 3 is 2.65 bits per heavy atom. The average Bonchev–Trinajstić information content (AvgIpc) is 2.83. The van der Waals surface area contributed by atoms with Crippen molar-refractivity contribution in [3.8, 4) is 0 Å². The van der Waals surface area contributed by atoms with E-state index >= 15 is 0 Å². The van der Waals surface area contributed by atoms with Gasteiger partial charge in [0.2, 0.25) is 10.0 Å². The topological polar surface area (TPSA) is 67.4 Å². The maximum atomic E-state index is 11.9. The van der Waals surface area contributed by atoms with Gasteiger partial charge in [-0.15, -0.1) is 0 Å². The first-order chi connectivity index (χ1) is 9.57. The summed E-state index contributed by atoms with van der Waals surface area (Å²) in [5.41, 5.74) is 0. The summed E-state index contributed by atoms with van der Waals surface area (Å²) in [6, 6.07) is 0.492. The molecule has 0 amide bonds. The molecule has 1 aliphatic heterocycles. The highest BCUT2D eigenvalue weighted by Crippen LogP contribution is 2.24. The normalized spacial score (nSPS) is 31.6. The summed E-state index contributed by atoms with van der Waals surface area (Å²) in [6.45, 7) is 3.95. The molecule has 6 heteroatoms. The molecule has 2 rings (SSSR count). The van der Waals surface area contributed by atoms with E-state index < -0.39 is 10.0 Å². The SMILES string of the molecule is C[C@@H]1CCC[C@H]1NCCS(=O)(=O)NC[C@H]1CCCCO1. The lowest BCUT2D eigenvalue weighted by Crippen LogP contribution is -2.40. The van der Waals surface area contributed by atoms with Gasteiger partial charge in [-0.25, -0.2) is 13.1 Å². The molecule has 3 atom stereocenters. The molecular weight excluding hydrogens is 276 g/mol. The Morgan fingerprint density at radius 2 is 2.00 bits per heavy atom. The third-order valence-electron chi connectivity index (χ3n) is 4.44. The van der Waals surface area contributed by atoms with Gasteiger partial charge in [-0.1, -0.05) is 13.3 Å². The fourth-order valence-electron chi connectivity index (χ4n) is 3.09. The molecule has 2 fully saturated rings. The summed E-state index contributed by atoms with van der Waals surface area (Å²) in [5, 5.41) is 3.38. The highest BCUT2D eigenvalue weighted by atomic mass is 32.2. The van der Waals surface area contributed by atoms with Crippen LogP contribution in [0.3, 0.4) is 0 Å². The van der Waals surface area contributed by atoms with Gasteiger partial charge in [-0.3, -0.25) is 0 Å². The molecule has 2 aliphatic rings. The van der Waals surface area contributed by atoms with Gasteiger partial charge in [0.05, 0.1) is 11.9 Å². The van der Waals surface area contributed by atoms with Crippen molar-refractivity contribution < 1.29 is 13.2 Å². The van der Waals surface area contributed by atoms with Crippen LogP contribution in [0.1, 0.15) is 45.4 Å². The first kappa shape index (κ1) is 16.2. The maximum Gasteiger partial charge on any atom is 0.212 e. The summed E-state index contributed by atoms with van der Waals surface area (Å²) in [6.07, 6.45) is 6.91. The lowest BCUT2D eigenvalue weighted by molar-refractivity contribution is 0.0200. The zero-order valence-corrected chi connectivity index (χ0v) is 13.3. The third-order valence-corrected chi connectivity index (χ3v) is 5.79. The number of sulfonamides is 1. The molecule has 118 valence electrons. The minimum absolute atomic E-state index is 0.0568. The van der Waals surface area contributed by atoms with E-state index in [9.17, 15) is 8.42 Å². The highest BCUT2D eigenvalue weighted by Gasteiger charge is 2.23. The number of hydrogen-bond acceptors (Lipinski definition) is 4. The third kappa shape index (κ3) is 5.31. The van der Waals surface area contributed by atoms with E-state index in [0.717, 1.165) is 25.9 Å². The Hall–Kier alpha value is -0.170. The minimum atomic E-state index is -3.18. The predicted molar refractivity (Wildman–Crippen MR) is 80.2 cm³/mol. The summed E-state index contributed by atoms with van der Waals surface area (Å²) in [7, 11) is -3.18. The van der Waals surface area contributed by atoms with Gasteiger partial charge in [0, 0.05) is 25.7 Å². The molecule has 5 nitrogen and oxygen atoms in total. The lowest BCUT2D eigenvalue weighted by Gasteiger charge is -2.23. The molecule has 0 bridgehead atoms. The molecule has 0 spiro atoms. The fraction of sp³-hybridized carbons (Fsp3) is 1.00. The van der Waals surface area contributed by atoms with Crippen molar-refractivity contribution in [1.29, 1.82) is 0 Å². The van der Waals surface area contributed by atoms with Crippen LogP contribution in [0.4, 0.5) is 0 Å². The van der Waals surface area contributed by atoms with Crippen molar-refractivity contribution in [2.24, 2.45) is 5.92 Å². The average molecular weight is 304 g/mol. The van der Waals surface area contributed by atoms with Gasteiger partial charge in [-0.2, -0.15) is 0 Å². The van der Waals surface area contributed by atoms with Gasteiger partial charge in [0.25, 0.3) is 0 Å². The molecule has 0 radical (unpaired) electrons. The van der Waals surface area contributed by atoms with Gasteiger partial charge >= 0.3 is 0 Å². The molecule has 0 aromatic heterocycles. The monoisotopic (exact) mass is 304 g/mol. The Morgan fingerprint density at radius 1 is 1.15 bits per heavy atom. The van der Waals surface area contributed by atoms with Gasteiger partial charge in [0.15, 0.2) is 0 Å².